The van der Waals surface area contributed by atoms with E-state index < -0.39 is 36.2 Å². The first-order valence-corrected chi connectivity index (χ1v) is 4.79. The first-order chi connectivity index (χ1) is 6.91. The van der Waals surface area contributed by atoms with Gasteiger partial charge in [-0.3, -0.25) is 0 Å². The molecule has 0 unspecified atom stereocenters. The van der Waals surface area contributed by atoms with E-state index in [0.717, 1.165) is 0 Å². The van der Waals surface area contributed by atoms with Crippen molar-refractivity contribution in [2.75, 3.05) is 6.61 Å². The first kappa shape index (κ1) is 10.8. The minimum atomic E-state index is -1.48. The van der Waals surface area contributed by atoms with Gasteiger partial charge in [0.2, 0.25) is 0 Å². The fourth-order valence-corrected chi connectivity index (χ4v) is 1.77. The Morgan fingerprint density at radius 3 is 2.47 bits per heavy atom. The number of rotatable bonds is 1. The Bertz CT molecular complexity index is 276. The number of hydrogen-bond donors (Lipinski definition) is 2. The largest absolute Gasteiger partial charge is 0.455 e. The van der Waals surface area contributed by atoms with Crippen molar-refractivity contribution in [2.45, 2.75) is 44.1 Å². The lowest BCUT2D eigenvalue weighted by molar-refractivity contribution is -0.166. The summed E-state index contributed by atoms with van der Waals surface area (Å²) < 4.78 is 15.5. The molecule has 6 nitrogen and oxygen atoms in total. The summed E-state index contributed by atoms with van der Waals surface area (Å²) in [7, 11) is 0. The topological polar surface area (TPSA) is 85.2 Å². The molecule has 0 bridgehead atoms. The number of aliphatic hydroxyl groups is 2. The van der Waals surface area contributed by atoms with Gasteiger partial charge in [-0.05, 0) is 13.8 Å². The van der Waals surface area contributed by atoms with Crippen LogP contribution in [-0.2, 0) is 19.0 Å². The summed E-state index contributed by atoms with van der Waals surface area (Å²) in [5.41, 5.74) is 0. The molecule has 0 aromatic carbocycles. The number of esters is 1. The van der Waals surface area contributed by atoms with Crippen molar-refractivity contribution in [3.63, 3.8) is 0 Å². The van der Waals surface area contributed by atoms with Crippen LogP contribution in [0.4, 0.5) is 0 Å². The van der Waals surface area contributed by atoms with Crippen molar-refractivity contribution >= 4 is 5.97 Å². The summed E-state index contributed by atoms with van der Waals surface area (Å²) in [6.45, 7) is 3.69. The Morgan fingerprint density at radius 1 is 1.40 bits per heavy atom. The van der Waals surface area contributed by atoms with E-state index in [0.29, 0.717) is 0 Å². The monoisotopic (exact) mass is 218 g/mol. The second-order valence-corrected chi connectivity index (χ2v) is 4.20. The van der Waals surface area contributed by atoms with Gasteiger partial charge in [0.05, 0.1) is 6.61 Å². The number of ether oxygens (including phenoxy) is 3. The molecule has 86 valence electrons. The molecule has 0 radical (unpaired) electrons. The van der Waals surface area contributed by atoms with Crippen molar-refractivity contribution in [2.24, 2.45) is 0 Å². The molecule has 0 aromatic heterocycles. The molecule has 6 heteroatoms. The highest BCUT2D eigenvalue weighted by molar-refractivity contribution is 5.77. The molecule has 0 amide bonds. The second kappa shape index (κ2) is 3.41. The molecule has 2 heterocycles. The Hall–Kier alpha value is -0.690. The van der Waals surface area contributed by atoms with Crippen LogP contribution >= 0.6 is 0 Å². The molecular formula is C9H14O6. The van der Waals surface area contributed by atoms with Crippen LogP contribution in [0, 0.1) is 0 Å². The van der Waals surface area contributed by atoms with Gasteiger partial charge in [-0.15, -0.1) is 0 Å². The van der Waals surface area contributed by atoms with Crippen LogP contribution in [0.2, 0.25) is 0 Å². The number of hydrogen-bond acceptors (Lipinski definition) is 6. The van der Waals surface area contributed by atoms with Crippen LogP contribution in [0.1, 0.15) is 13.8 Å². The van der Waals surface area contributed by atoms with Gasteiger partial charge in [0.15, 0.2) is 18.0 Å². The quantitative estimate of drug-likeness (QED) is 0.537. The molecule has 0 saturated carbocycles. The molecule has 2 aliphatic rings. The number of carbonyl (C=O) groups is 1. The van der Waals surface area contributed by atoms with Gasteiger partial charge in [-0.2, -0.15) is 0 Å². The molecule has 2 aliphatic heterocycles. The van der Waals surface area contributed by atoms with Gasteiger partial charge in [0, 0.05) is 0 Å². The number of aliphatic hydroxyl groups excluding tert-OH is 2. The standard InChI is InChI=1S/C9H14O6/c1-9(2)13-3-4(15-9)7-5(10)6(11)8(12)14-7/h4-7,10-11H,3H2,1-2H3/t4-,5-,6+,7+/m0/s1. The Labute approximate surface area is 86.7 Å². The fourth-order valence-electron chi connectivity index (χ4n) is 1.77. The van der Waals surface area contributed by atoms with E-state index >= 15 is 0 Å². The van der Waals surface area contributed by atoms with E-state index in [4.69, 9.17) is 14.2 Å². The summed E-state index contributed by atoms with van der Waals surface area (Å²) in [6, 6.07) is 0. The van der Waals surface area contributed by atoms with E-state index in [1.807, 2.05) is 0 Å². The predicted molar refractivity (Wildman–Crippen MR) is 46.8 cm³/mol. The zero-order valence-electron chi connectivity index (χ0n) is 8.54. The van der Waals surface area contributed by atoms with Gasteiger partial charge >= 0.3 is 5.97 Å². The molecular weight excluding hydrogens is 204 g/mol. The van der Waals surface area contributed by atoms with Gasteiger partial charge < -0.3 is 24.4 Å². The van der Waals surface area contributed by atoms with E-state index in [9.17, 15) is 15.0 Å². The van der Waals surface area contributed by atoms with Gasteiger partial charge in [-0.1, -0.05) is 0 Å². The fraction of sp³-hybridized carbons (Fsp3) is 0.889. The highest BCUT2D eigenvalue weighted by Crippen LogP contribution is 2.30. The third-order valence-electron chi connectivity index (χ3n) is 2.55. The van der Waals surface area contributed by atoms with E-state index in [1.54, 1.807) is 13.8 Å². The summed E-state index contributed by atoms with van der Waals surface area (Å²) in [5.74, 6) is -1.56. The van der Waals surface area contributed by atoms with Crippen molar-refractivity contribution < 1.29 is 29.2 Å². The maximum atomic E-state index is 11.0. The maximum absolute atomic E-state index is 11.0. The first-order valence-electron chi connectivity index (χ1n) is 4.79. The maximum Gasteiger partial charge on any atom is 0.338 e. The molecule has 2 fully saturated rings. The van der Waals surface area contributed by atoms with Gasteiger partial charge in [0.1, 0.15) is 12.2 Å². The van der Waals surface area contributed by atoms with Crippen LogP contribution < -0.4 is 0 Å². The van der Waals surface area contributed by atoms with Gasteiger partial charge in [-0.25, -0.2) is 4.79 Å². The minimum absolute atomic E-state index is 0.231. The number of carbonyl (C=O) groups excluding carboxylic acids is 1. The molecule has 2 saturated heterocycles. The van der Waals surface area contributed by atoms with Crippen LogP contribution in [0.5, 0.6) is 0 Å². The van der Waals surface area contributed by atoms with E-state index in [-0.39, 0.29) is 6.61 Å². The summed E-state index contributed by atoms with van der Waals surface area (Å²) in [5, 5.41) is 18.7. The SMILES string of the molecule is CC1(C)OC[C@@H]([C@H]2OC(=O)[C@H](O)[C@@H]2O)O1. The summed E-state index contributed by atoms with van der Waals surface area (Å²) in [4.78, 5) is 11.0. The van der Waals surface area contributed by atoms with Crippen molar-refractivity contribution in [1.29, 1.82) is 0 Å². The molecule has 15 heavy (non-hydrogen) atoms. The lowest BCUT2D eigenvalue weighted by atomic mass is 10.1. The zero-order valence-corrected chi connectivity index (χ0v) is 8.54. The van der Waals surface area contributed by atoms with E-state index in [1.165, 1.54) is 0 Å². The molecule has 0 aliphatic carbocycles. The highest BCUT2D eigenvalue weighted by atomic mass is 16.8. The van der Waals surface area contributed by atoms with Crippen molar-refractivity contribution in [1.82, 2.24) is 0 Å². The number of cyclic esters (lactones) is 1. The molecule has 0 spiro atoms. The Kier molecular flexibility index (Phi) is 2.46. The normalized spacial score (nSPS) is 44.4. The Balaban J connectivity index is 2.04. The Morgan fingerprint density at radius 2 is 2.07 bits per heavy atom. The summed E-state index contributed by atoms with van der Waals surface area (Å²) in [6.07, 6.45) is -4.12. The molecule has 0 aromatic rings. The van der Waals surface area contributed by atoms with Crippen molar-refractivity contribution in [3.8, 4) is 0 Å². The molecule has 4 atom stereocenters. The minimum Gasteiger partial charge on any atom is -0.455 e. The highest BCUT2D eigenvalue weighted by Gasteiger charge is 2.50. The smallest absolute Gasteiger partial charge is 0.338 e. The average Bonchev–Trinajstić information content (AvgIpc) is 2.62. The van der Waals surface area contributed by atoms with Crippen molar-refractivity contribution in [3.05, 3.63) is 0 Å². The lowest BCUT2D eigenvalue weighted by Crippen LogP contribution is -2.40. The van der Waals surface area contributed by atoms with Crippen LogP contribution in [0.15, 0.2) is 0 Å². The second-order valence-electron chi connectivity index (χ2n) is 4.20. The molecule has 2 rings (SSSR count). The van der Waals surface area contributed by atoms with Crippen LogP contribution in [0.25, 0.3) is 0 Å². The van der Waals surface area contributed by atoms with E-state index in [2.05, 4.69) is 0 Å². The third kappa shape index (κ3) is 1.85. The summed E-state index contributed by atoms with van der Waals surface area (Å²) >= 11 is 0. The predicted octanol–water partition coefficient (Wildman–Crippen LogP) is -1.21. The third-order valence-corrected chi connectivity index (χ3v) is 2.55. The lowest BCUT2D eigenvalue weighted by Gasteiger charge is -2.21. The average molecular weight is 218 g/mol. The van der Waals surface area contributed by atoms with Crippen LogP contribution in [0.3, 0.4) is 0 Å². The van der Waals surface area contributed by atoms with Crippen LogP contribution in [-0.4, -0.2) is 53.0 Å². The molecule has 2 N–H and O–H groups in total. The van der Waals surface area contributed by atoms with Gasteiger partial charge in [0.25, 0.3) is 0 Å². The zero-order chi connectivity index (χ0) is 11.2.